The van der Waals surface area contributed by atoms with Crippen LogP contribution in [0.4, 0.5) is 4.79 Å². The fourth-order valence-corrected chi connectivity index (χ4v) is 1.78. The topological polar surface area (TPSA) is 95.9 Å². The lowest BCUT2D eigenvalue weighted by molar-refractivity contribution is -0.137. The van der Waals surface area contributed by atoms with E-state index >= 15 is 0 Å². The number of amides is 1. The minimum atomic E-state index is -1.04. The van der Waals surface area contributed by atoms with Crippen LogP contribution in [0.5, 0.6) is 0 Å². The number of hydrogen-bond donors (Lipinski definition) is 3. The average Bonchev–Trinajstić information content (AvgIpc) is 2.35. The van der Waals surface area contributed by atoms with E-state index < -0.39 is 23.7 Å². The summed E-state index contributed by atoms with van der Waals surface area (Å²) in [6.45, 7) is 5.03. The van der Waals surface area contributed by atoms with Crippen molar-refractivity contribution in [3.63, 3.8) is 0 Å². The van der Waals surface area contributed by atoms with Crippen LogP contribution in [0, 0.1) is 0 Å². The van der Waals surface area contributed by atoms with Gasteiger partial charge in [0.1, 0.15) is 5.60 Å². The lowest BCUT2D eigenvalue weighted by Gasteiger charge is -2.23. The predicted octanol–water partition coefficient (Wildman–Crippen LogP) is 2.22. The van der Waals surface area contributed by atoms with Gasteiger partial charge in [-0.15, -0.1) is 0 Å². The molecule has 1 amide bonds. The highest BCUT2D eigenvalue weighted by atomic mass is 16.6. The third-order valence-corrected chi connectivity index (χ3v) is 2.61. The molecule has 0 aliphatic rings. The summed E-state index contributed by atoms with van der Waals surface area (Å²) in [4.78, 5) is 22.8. The number of nitrogens with one attached hydrogen (secondary N) is 1. The van der Waals surface area contributed by atoms with Gasteiger partial charge in [-0.1, -0.05) is 24.3 Å². The van der Waals surface area contributed by atoms with Crippen molar-refractivity contribution >= 4 is 12.1 Å². The van der Waals surface area contributed by atoms with E-state index in [1.165, 1.54) is 0 Å². The van der Waals surface area contributed by atoms with Gasteiger partial charge in [-0.3, -0.25) is 4.79 Å². The minimum Gasteiger partial charge on any atom is -0.481 e. The second kappa shape index (κ2) is 7.08. The van der Waals surface area contributed by atoms with Crippen LogP contribution in [0.2, 0.25) is 0 Å². The van der Waals surface area contributed by atoms with Gasteiger partial charge >= 0.3 is 12.1 Å². The SMILES string of the molecule is CC(C)(C)OC(=O)N[C@H](CC(=O)O)c1cccc(CO)c1. The van der Waals surface area contributed by atoms with Gasteiger partial charge in [-0.25, -0.2) is 4.79 Å². The molecule has 0 aliphatic heterocycles. The number of carbonyl (C=O) groups is 2. The Bertz CT molecular complexity index is 507. The molecular weight excluding hydrogens is 274 g/mol. The quantitative estimate of drug-likeness (QED) is 0.774. The van der Waals surface area contributed by atoms with Gasteiger partial charge in [0.15, 0.2) is 0 Å². The van der Waals surface area contributed by atoms with E-state index in [1.807, 2.05) is 0 Å². The molecule has 1 aromatic carbocycles. The summed E-state index contributed by atoms with van der Waals surface area (Å²) in [6.07, 6.45) is -0.947. The van der Waals surface area contributed by atoms with Crippen molar-refractivity contribution in [2.24, 2.45) is 0 Å². The highest BCUT2D eigenvalue weighted by Crippen LogP contribution is 2.19. The minimum absolute atomic E-state index is 0.153. The summed E-state index contributed by atoms with van der Waals surface area (Å²) in [5.41, 5.74) is 0.592. The van der Waals surface area contributed by atoms with Crippen molar-refractivity contribution in [2.75, 3.05) is 0 Å². The molecule has 0 saturated carbocycles. The molecule has 21 heavy (non-hydrogen) atoms. The number of aliphatic hydroxyl groups excluding tert-OH is 1. The number of ether oxygens (including phenoxy) is 1. The van der Waals surface area contributed by atoms with Crippen molar-refractivity contribution < 1.29 is 24.5 Å². The van der Waals surface area contributed by atoms with E-state index in [0.717, 1.165) is 0 Å². The van der Waals surface area contributed by atoms with E-state index in [1.54, 1.807) is 45.0 Å². The molecule has 0 radical (unpaired) electrons. The van der Waals surface area contributed by atoms with E-state index in [2.05, 4.69) is 5.32 Å². The van der Waals surface area contributed by atoms with Crippen molar-refractivity contribution in [3.8, 4) is 0 Å². The molecule has 3 N–H and O–H groups in total. The van der Waals surface area contributed by atoms with Crippen LogP contribution in [-0.4, -0.2) is 27.9 Å². The average molecular weight is 295 g/mol. The highest BCUT2D eigenvalue weighted by Gasteiger charge is 2.22. The predicted molar refractivity (Wildman–Crippen MR) is 76.7 cm³/mol. The Morgan fingerprint density at radius 3 is 2.52 bits per heavy atom. The van der Waals surface area contributed by atoms with Crippen LogP contribution in [0.15, 0.2) is 24.3 Å². The molecule has 1 atom stereocenters. The van der Waals surface area contributed by atoms with Gasteiger partial charge in [0.2, 0.25) is 0 Å². The van der Waals surface area contributed by atoms with Crippen molar-refractivity contribution in [1.82, 2.24) is 5.32 Å². The van der Waals surface area contributed by atoms with Gasteiger partial charge in [0.05, 0.1) is 19.1 Å². The molecule has 0 aliphatic carbocycles. The molecule has 6 heteroatoms. The van der Waals surface area contributed by atoms with E-state index in [-0.39, 0.29) is 13.0 Å². The Hall–Kier alpha value is -2.08. The van der Waals surface area contributed by atoms with Crippen molar-refractivity contribution in [1.29, 1.82) is 0 Å². The van der Waals surface area contributed by atoms with Gasteiger partial charge in [-0.05, 0) is 31.9 Å². The molecule has 0 saturated heterocycles. The zero-order chi connectivity index (χ0) is 16.0. The standard InChI is InChI=1S/C15H21NO5/c1-15(2,3)21-14(20)16-12(8-13(18)19)11-6-4-5-10(7-11)9-17/h4-7,12,17H,8-9H2,1-3H3,(H,16,20)(H,18,19)/t12-/m1/s1. The Labute approximate surface area is 123 Å². The number of hydrogen-bond acceptors (Lipinski definition) is 4. The van der Waals surface area contributed by atoms with E-state index in [0.29, 0.717) is 11.1 Å². The number of aliphatic carboxylic acids is 1. The fourth-order valence-electron chi connectivity index (χ4n) is 1.78. The fraction of sp³-hybridized carbons (Fsp3) is 0.467. The summed E-state index contributed by atoms with van der Waals surface area (Å²) < 4.78 is 5.14. The molecule has 0 fully saturated rings. The Morgan fingerprint density at radius 1 is 1.33 bits per heavy atom. The number of benzene rings is 1. The Balaban J connectivity index is 2.89. The zero-order valence-electron chi connectivity index (χ0n) is 12.4. The molecule has 6 nitrogen and oxygen atoms in total. The summed E-state index contributed by atoms with van der Waals surface area (Å²) in [6, 6.07) is 6.06. The first-order chi connectivity index (χ1) is 9.71. The molecule has 116 valence electrons. The Morgan fingerprint density at radius 2 is 2.00 bits per heavy atom. The summed E-state index contributed by atoms with van der Waals surface area (Å²) >= 11 is 0. The lowest BCUT2D eigenvalue weighted by Crippen LogP contribution is -2.35. The molecule has 1 rings (SSSR count). The molecule has 0 aromatic heterocycles. The molecule has 0 unspecified atom stereocenters. The first-order valence-corrected chi connectivity index (χ1v) is 6.62. The van der Waals surface area contributed by atoms with Crippen molar-refractivity contribution in [2.45, 2.75) is 45.4 Å². The number of carboxylic acids is 1. The van der Waals surface area contributed by atoms with Crippen molar-refractivity contribution in [3.05, 3.63) is 35.4 Å². The number of aliphatic hydroxyl groups is 1. The first kappa shape index (κ1) is 17.0. The highest BCUT2D eigenvalue weighted by molar-refractivity contribution is 5.72. The molecule has 1 aromatic rings. The van der Waals surface area contributed by atoms with Gasteiger partial charge in [-0.2, -0.15) is 0 Å². The van der Waals surface area contributed by atoms with Crippen LogP contribution in [-0.2, 0) is 16.1 Å². The maximum absolute atomic E-state index is 11.8. The number of rotatable bonds is 5. The monoisotopic (exact) mass is 295 g/mol. The summed E-state index contributed by atoms with van der Waals surface area (Å²) in [7, 11) is 0. The second-order valence-corrected chi connectivity index (χ2v) is 5.70. The maximum atomic E-state index is 11.8. The van der Waals surface area contributed by atoms with E-state index in [4.69, 9.17) is 14.9 Å². The van der Waals surface area contributed by atoms with Gasteiger partial charge in [0, 0.05) is 0 Å². The van der Waals surface area contributed by atoms with Gasteiger partial charge < -0.3 is 20.3 Å². The lowest BCUT2D eigenvalue weighted by atomic mass is 10.0. The van der Waals surface area contributed by atoms with Crippen LogP contribution in [0.25, 0.3) is 0 Å². The largest absolute Gasteiger partial charge is 0.481 e. The second-order valence-electron chi connectivity index (χ2n) is 5.70. The molecular formula is C15H21NO5. The smallest absolute Gasteiger partial charge is 0.408 e. The van der Waals surface area contributed by atoms with Crippen LogP contribution in [0.1, 0.15) is 44.4 Å². The molecule has 0 spiro atoms. The van der Waals surface area contributed by atoms with Crippen LogP contribution < -0.4 is 5.32 Å². The third-order valence-electron chi connectivity index (χ3n) is 2.61. The summed E-state index contributed by atoms with van der Waals surface area (Å²) in [5, 5.41) is 20.7. The molecule has 0 heterocycles. The molecule has 0 bridgehead atoms. The maximum Gasteiger partial charge on any atom is 0.408 e. The third kappa shape index (κ3) is 6.27. The number of alkyl carbamates (subject to hydrolysis) is 1. The van der Waals surface area contributed by atoms with Crippen LogP contribution in [0.3, 0.4) is 0 Å². The Kier molecular flexibility index (Phi) is 5.72. The zero-order valence-corrected chi connectivity index (χ0v) is 12.4. The normalized spacial score (nSPS) is 12.6. The first-order valence-electron chi connectivity index (χ1n) is 6.62. The summed E-state index contributed by atoms with van der Waals surface area (Å²) in [5.74, 6) is -1.04. The van der Waals surface area contributed by atoms with E-state index in [9.17, 15) is 9.59 Å². The number of carboxylic acid groups (broad SMARTS) is 1. The number of carbonyl (C=O) groups excluding carboxylic acids is 1. The van der Waals surface area contributed by atoms with Gasteiger partial charge in [0.25, 0.3) is 0 Å². The van der Waals surface area contributed by atoms with Crippen LogP contribution >= 0.6 is 0 Å².